The predicted molar refractivity (Wildman–Crippen MR) is 39.2 cm³/mol. The zero-order valence-corrected chi connectivity index (χ0v) is 6.54. The first kappa shape index (κ1) is 7.18. The second-order valence-corrected chi connectivity index (χ2v) is 3.00. The molecule has 1 N–H and O–H groups in total. The van der Waals surface area contributed by atoms with E-state index in [4.69, 9.17) is 23.2 Å². The van der Waals surface area contributed by atoms with Gasteiger partial charge in [-0.15, -0.1) is 5.11 Å². The summed E-state index contributed by atoms with van der Waals surface area (Å²) in [6, 6.07) is 0. The first-order valence-electron chi connectivity index (χ1n) is 2.10. The van der Waals surface area contributed by atoms with Crippen LogP contribution in [0.2, 0.25) is 0 Å². The van der Waals surface area contributed by atoms with Crippen LogP contribution in [-0.2, 0) is 0 Å². The molecule has 0 atom stereocenters. The van der Waals surface area contributed by atoms with Crippen molar-refractivity contribution in [2.24, 2.45) is 10.3 Å². The van der Waals surface area contributed by atoms with Crippen LogP contribution < -0.4 is 4.83 Å². The summed E-state index contributed by atoms with van der Waals surface area (Å²) in [7, 11) is 0. The molecule has 0 aromatic heterocycles. The lowest BCUT2D eigenvalue weighted by atomic mass is 10.6. The maximum Gasteiger partial charge on any atom is 0.152 e. The molecule has 0 amide bonds. The van der Waals surface area contributed by atoms with Gasteiger partial charge in [0.25, 0.3) is 0 Å². The molecule has 0 aromatic carbocycles. The van der Waals surface area contributed by atoms with E-state index in [0.29, 0.717) is 5.70 Å². The fourth-order valence-electron chi connectivity index (χ4n) is 0.307. The topological polar surface area (TPSA) is 36.8 Å². The SMILES string of the molecule is ClC(Cl)C1=CSNN=N1. The van der Waals surface area contributed by atoms with E-state index in [9.17, 15) is 0 Å². The molecule has 0 unspecified atom stereocenters. The molecule has 1 aliphatic heterocycles. The van der Waals surface area contributed by atoms with Crippen LogP contribution in [0.15, 0.2) is 21.4 Å². The summed E-state index contributed by atoms with van der Waals surface area (Å²) in [5.41, 5.74) is 0.571. The van der Waals surface area contributed by atoms with Crippen LogP contribution in [0.4, 0.5) is 0 Å². The number of allylic oxidation sites excluding steroid dienone is 1. The minimum atomic E-state index is -0.580. The molecule has 1 heterocycles. The minimum Gasteiger partial charge on any atom is -0.229 e. The van der Waals surface area contributed by atoms with Crippen LogP contribution in [0.3, 0.4) is 0 Å². The highest BCUT2D eigenvalue weighted by Gasteiger charge is 2.07. The molecule has 1 aliphatic rings. The van der Waals surface area contributed by atoms with Gasteiger partial charge in [0, 0.05) is 5.41 Å². The van der Waals surface area contributed by atoms with Crippen molar-refractivity contribution in [3.05, 3.63) is 11.1 Å². The highest BCUT2D eigenvalue weighted by molar-refractivity contribution is 8.00. The van der Waals surface area contributed by atoms with Crippen LogP contribution >= 0.6 is 35.1 Å². The lowest BCUT2D eigenvalue weighted by Crippen LogP contribution is -1.98. The lowest BCUT2D eigenvalue weighted by Gasteiger charge is -2.03. The van der Waals surface area contributed by atoms with E-state index < -0.39 is 4.84 Å². The quantitative estimate of drug-likeness (QED) is 0.501. The van der Waals surface area contributed by atoms with E-state index in [-0.39, 0.29) is 0 Å². The zero-order chi connectivity index (χ0) is 6.69. The Morgan fingerprint density at radius 2 is 2.44 bits per heavy atom. The van der Waals surface area contributed by atoms with Crippen molar-refractivity contribution in [1.82, 2.24) is 4.83 Å². The number of alkyl halides is 2. The number of rotatable bonds is 1. The van der Waals surface area contributed by atoms with Gasteiger partial charge in [-0.3, -0.25) is 0 Å². The van der Waals surface area contributed by atoms with Gasteiger partial charge in [-0.05, 0) is 11.9 Å². The molecule has 6 heteroatoms. The molecule has 0 bridgehead atoms. The molecule has 0 spiro atoms. The first-order chi connectivity index (χ1) is 4.30. The fraction of sp³-hybridized carbons (Fsp3) is 0.333. The third kappa shape index (κ3) is 2.04. The number of halogens is 2. The van der Waals surface area contributed by atoms with Gasteiger partial charge < -0.3 is 0 Å². The molecule has 9 heavy (non-hydrogen) atoms. The molecule has 50 valence electrons. The molecule has 0 radical (unpaired) electrons. The maximum atomic E-state index is 5.46. The van der Waals surface area contributed by atoms with Crippen LogP contribution in [0.25, 0.3) is 0 Å². The summed E-state index contributed by atoms with van der Waals surface area (Å²) in [5, 5.41) is 8.81. The molecule has 0 saturated carbocycles. The highest BCUT2D eigenvalue weighted by Crippen LogP contribution is 2.20. The van der Waals surface area contributed by atoms with E-state index in [1.165, 1.54) is 11.9 Å². The van der Waals surface area contributed by atoms with Crippen molar-refractivity contribution in [3.63, 3.8) is 0 Å². The van der Waals surface area contributed by atoms with Gasteiger partial charge in [-0.25, -0.2) is 4.83 Å². The minimum absolute atomic E-state index is 0.571. The largest absolute Gasteiger partial charge is 0.229 e. The summed E-state index contributed by atoms with van der Waals surface area (Å²) in [5.74, 6) is 0. The molecule has 0 fully saturated rings. The molecule has 1 rings (SSSR count). The van der Waals surface area contributed by atoms with Gasteiger partial charge in [-0.2, -0.15) is 0 Å². The average molecular weight is 184 g/mol. The van der Waals surface area contributed by atoms with Crippen molar-refractivity contribution in [1.29, 1.82) is 0 Å². The average Bonchev–Trinajstić information content (AvgIpc) is 1.90. The van der Waals surface area contributed by atoms with Gasteiger partial charge in [0.2, 0.25) is 0 Å². The van der Waals surface area contributed by atoms with Crippen molar-refractivity contribution < 1.29 is 0 Å². The third-order valence-electron chi connectivity index (χ3n) is 0.662. The second-order valence-electron chi connectivity index (χ2n) is 1.25. The Hall–Kier alpha value is 0.0700. The normalized spacial score (nSPS) is 17.4. The molecular formula is C3H3Cl2N3S. The number of hydrogen-bond donors (Lipinski definition) is 1. The van der Waals surface area contributed by atoms with Crippen molar-refractivity contribution in [2.75, 3.05) is 0 Å². The van der Waals surface area contributed by atoms with E-state index in [1.54, 1.807) is 5.41 Å². The van der Waals surface area contributed by atoms with Gasteiger partial charge >= 0.3 is 0 Å². The smallest absolute Gasteiger partial charge is 0.152 e. The Labute approximate surface area is 66.6 Å². The van der Waals surface area contributed by atoms with Crippen LogP contribution in [0.5, 0.6) is 0 Å². The van der Waals surface area contributed by atoms with Crippen LogP contribution in [0.1, 0.15) is 0 Å². The number of hydrogen-bond acceptors (Lipinski definition) is 4. The molecule has 0 saturated heterocycles. The van der Waals surface area contributed by atoms with E-state index >= 15 is 0 Å². The lowest BCUT2D eigenvalue weighted by molar-refractivity contribution is 0.923. The Balaban J connectivity index is 2.58. The van der Waals surface area contributed by atoms with Gasteiger partial charge in [-0.1, -0.05) is 28.4 Å². The van der Waals surface area contributed by atoms with E-state index in [1.807, 2.05) is 0 Å². The van der Waals surface area contributed by atoms with Crippen molar-refractivity contribution in [3.8, 4) is 0 Å². The Morgan fingerprint density at radius 1 is 1.67 bits per heavy atom. The third-order valence-corrected chi connectivity index (χ3v) is 1.66. The monoisotopic (exact) mass is 183 g/mol. The Morgan fingerprint density at radius 3 is 2.78 bits per heavy atom. The van der Waals surface area contributed by atoms with Crippen molar-refractivity contribution in [2.45, 2.75) is 4.84 Å². The molecule has 3 nitrogen and oxygen atoms in total. The van der Waals surface area contributed by atoms with Gasteiger partial charge in [0.05, 0.1) is 0 Å². The molecule has 0 aliphatic carbocycles. The first-order valence-corrected chi connectivity index (χ1v) is 3.85. The molecule has 0 aromatic rings. The zero-order valence-electron chi connectivity index (χ0n) is 4.21. The summed E-state index contributed by atoms with van der Waals surface area (Å²) in [6.45, 7) is 0. The summed E-state index contributed by atoms with van der Waals surface area (Å²) < 4.78 is 0. The van der Waals surface area contributed by atoms with Crippen molar-refractivity contribution >= 4 is 35.1 Å². The highest BCUT2D eigenvalue weighted by atomic mass is 35.5. The predicted octanol–water partition coefficient (Wildman–Crippen LogP) is 2.25. The summed E-state index contributed by atoms with van der Waals surface area (Å²) >= 11 is 12.2. The fourth-order valence-corrected chi connectivity index (χ4v) is 1.11. The van der Waals surface area contributed by atoms with Crippen LogP contribution in [-0.4, -0.2) is 4.84 Å². The maximum absolute atomic E-state index is 5.46. The Kier molecular flexibility index (Phi) is 2.63. The van der Waals surface area contributed by atoms with E-state index in [0.717, 1.165) is 0 Å². The Bertz CT molecular complexity index is 155. The number of nitrogens with one attached hydrogen (secondary N) is 1. The summed E-state index contributed by atoms with van der Waals surface area (Å²) in [6.07, 6.45) is 0. The van der Waals surface area contributed by atoms with Crippen LogP contribution in [0, 0.1) is 0 Å². The molecular weight excluding hydrogens is 181 g/mol. The van der Waals surface area contributed by atoms with Gasteiger partial charge in [0.15, 0.2) is 4.84 Å². The second kappa shape index (κ2) is 3.29. The summed E-state index contributed by atoms with van der Waals surface area (Å²) in [4.78, 5) is 1.97. The van der Waals surface area contributed by atoms with E-state index in [2.05, 4.69) is 15.2 Å². The van der Waals surface area contributed by atoms with Gasteiger partial charge in [0.1, 0.15) is 5.70 Å². The number of nitrogens with zero attached hydrogens (tertiary/aromatic N) is 2. The standard InChI is InChI=1S/C3H3Cl2N3S/c4-3(5)2-1-9-8-7-6-2/h1,3H,(H,6,8).